The van der Waals surface area contributed by atoms with Gasteiger partial charge in [-0.15, -0.1) is 0 Å². The molecule has 0 saturated carbocycles. The molecular formula is C13H20O7. The molecule has 1 aliphatic rings. The van der Waals surface area contributed by atoms with Gasteiger partial charge in [0, 0.05) is 20.8 Å². The van der Waals surface area contributed by atoms with Gasteiger partial charge in [0.25, 0.3) is 0 Å². The van der Waals surface area contributed by atoms with Crippen LogP contribution in [-0.2, 0) is 33.3 Å². The van der Waals surface area contributed by atoms with Gasteiger partial charge in [-0.05, 0) is 12.3 Å². The molecule has 0 aromatic heterocycles. The van der Waals surface area contributed by atoms with E-state index in [4.69, 9.17) is 18.9 Å². The summed E-state index contributed by atoms with van der Waals surface area (Å²) in [6, 6.07) is 0. The summed E-state index contributed by atoms with van der Waals surface area (Å²) in [5.74, 6) is -1.42. The molecule has 7 nitrogen and oxygen atoms in total. The lowest BCUT2D eigenvalue weighted by atomic mass is 9.94. The van der Waals surface area contributed by atoms with Gasteiger partial charge in [0.15, 0.2) is 6.10 Å². The van der Waals surface area contributed by atoms with Gasteiger partial charge in [-0.3, -0.25) is 14.4 Å². The third-order valence-electron chi connectivity index (χ3n) is 2.90. The average Bonchev–Trinajstić information content (AvgIpc) is 2.29. The van der Waals surface area contributed by atoms with E-state index in [0.717, 1.165) is 0 Å². The number of esters is 3. The molecule has 0 aromatic carbocycles. The molecule has 7 heteroatoms. The predicted molar refractivity (Wildman–Crippen MR) is 66.4 cm³/mol. The van der Waals surface area contributed by atoms with E-state index in [9.17, 15) is 14.4 Å². The monoisotopic (exact) mass is 288 g/mol. The summed E-state index contributed by atoms with van der Waals surface area (Å²) < 4.78 is 20.6. The van der Waals surface area contributed by atoms with Crippen molar-refractivity contribution in [3.05, 3.63) is 0 Å². The van der Waals surface area contributed by atoms with Gasteiger partial charge >= 0.3 is 17.9 Å². The van der Waals surface area contributed by atoms with E-state index in [1.807, 2.05) is 6.92 Å². The van der Waals surface area contributed by atoms with E-state index in [1.165, 1.54) is 20.8 Å². The Morgan fingerprint density at radius 3 is 2.15 bits per heavy atom. The fourth-order valence-corrected chi connectivity index (χ4v) is 2.01. The van der Waals surface area contributed by atoms with Crippen molar-refractivity contribution >= 4 is 17.9 Å². The average molecular weight is 288 g/mol. The summed E-state index contributed by atoms with van der Waals surface area (Å²) in [5, 5.41) is 0. The third kappa shape index (κ3) is 5.16. The van der Waals surface area contributed by atoms with Crippen LogP contribution in [0.5, 0.6) is 0 Å². The molecule has 1 heterocycles. The van der Waals surface area contributed by atoms with Crippen LogP contribution in [0.3, 0.4) is 0 Å². The standard InChI is InChI=1S/C13H20O7/c1-7-5-11(18-9(3)15)13(19-10(4)16)20-12(7)6-17-8(2)14/h7,11-13H,5-6H2,1-4H3/t7-,11-,12-,13?/m1/s1. The summed E-state index contributed by atoms with van der Waals surface area (Å²) in [6.07, 6.45) is -1.58. The molecule has 0 radical (unpaired) electrons. The molecule has 0 amide bonds. The van der Waals surface area contributed by atoms with E-state index in [-0.39, 0.29) is 12.5 Å². The van der Waals surface area contributed by atoms with Gasteiger partial charge in [-0.2, -0.15) is 0 Å². The van der Waals surface area contributed by atoms with E-state index in [0.29, 0.717) is 6.42 Å². The number of carbonyl (C=O) groups excluding carboxylic acids is 3. The fourth-order valence-electron chi connectivity index (χ4n) is 2.01. The topological polar surface area (TPSA) is 88.1 Å². The molecule has 20 heavy (non-hydrogen) atoms. The van der Waals surface area contributed by atoms with Crippen LogP contribution in [-0.4, -0.2) is 43.0 Å². The van der Waals surface area contributed by atoms with Crippen molar-refractivity contribution in [3.63, 3.8) is 0 Å². The van der Waals surface area contributed by atoms with Crippen LogP contribution < -0.4 is 0 Å². The highest BCUT2D eigenvalue weighted by molar-refractivity contribution is 5.67. The van der Waals surface area contributed by atoms with Crippen molar-refractivity contribution in [1.29, 1.82) is 0 Å². The van der Waals surface area contributed by atoms with E-state index < -0.39 is 36.4 Å². The van der Waals surface area contributed by atoms with Crippen LogP contribution in [0.4, 0.5) is 0 Å². The second-order valence-electron chi connectivity index (χ2n) is 4.82. The van der Waals surface area contributed by atoms with E-state index in [1.54, 1.807) is 0 Å². The van der Waals surface area contributed by atoms with Gasteiger partial charge in [-0.1, -0.05) is 6.92 Å². The lowest BCUT2D eigenvalue weighted by Crippen LogP contribution is -2.48. The Bertz CT molecular complexity index is 379. The fraction of sp³-hybridized carbons (Fsp3) is 0.769. The minimum atomic E-state index is -0.979. The number of hydrogen-bond acceptors (Lipinski definition) is 7. The van der Waals surface area contributed by atoms with Crippen LogP contribution >= 0.6 is 0 Å². The quantitative estimate of drug-likeness (QED) is 0.558. The van der Waals surface area contributed by atoms with Gasteiger partial charge in [0.05, 0.1) is 6.10 Å². The first-order chi connectivity index (χ1) is 9.29. The molecule has 0 aromatic rings. The zero-order chi connectivity index (χ0) is 15.3. The molecule has 0 aliphatic carbocycles. The Morgan fingerprint density at radius 2 is 1.65 bits per heavy atom. The van der Waals surface area contributed by atoms with Crippen molar-refractivity contribution in [2.75, 3.05) is 6.61 Å². The van der Waals surface area contributed by atoms with Crippen molar-refractivity contribution in [2.24, 2.45) is 5.92 Å². The van der Waals surface area contributed by atoms with Crippen molar-refractivity contribution < 1.29 is 33.3 Å². The summed E-state index contributed by atoms with van der Waals surface area (Å²) in [6.45, 7) is 5.78. The van der Waals surface area contributed by atoms with Crippen LogP contribution in [0.2, 0.25) is 0 Å². The van der Waals surface area contributed by atoms with Gasteiger partial charge in [0.1, 0.15) is 6.61 Å². The molecule has 4 atom stereocenters. The van der Waals surface area contributed by atoms with E-state index in [2.05, 4.69) is 0 Å². The second-order valence-corrected chi connectivity index (χ2v) is 4.82. The summed E-state index contributed by atoms with van der Waals surface area (Å²) >= 11 is 0. The molecule has 0 bridgehead atoms. The Morgan fingerprint density at radius 1 is 1.05 bits per heavy atom. The number of rotatable bonds is 4. The first-order valence-electron chi connectivity index (χ1n) is 6.42. The second kappa shape index (κ2) is 7.23. The molecule has 1 aliphatic heterocycles. The number of ether oxygens (including phenoxy) is 4. The largest absolute Gasteiger partial charge is 0.463 e. The molecule has 0 N–H and O–H groups in total. The van der Waals surface area contributed by atoms with Crippen LogP contribution in [0.15, 0.2) is 0 Å². The normalized spacial score (nSPS) is 29.4. The molecule has 0 spiro atoms. The van der Waals surface area contributed by atoms with Crippen LogP contribution in [0, 0.1) is 5.92 Å². The first-order valence-corrected chi connectivity index (χ1v) is 6.42. The summed E-state index contributed by atoms with van der Waals surface area (Å²) in [7, 11) is 0. The van der Waals surface area contributed by atoms with Gasteiger partial charge in [0.2, 0.25) is 6.29 Å². The van der Waals surface area contributed by atoms with E-state index >= 15 is 0 Å². The van der Waals surface area contributed by atoms with Gasteiger partial charge in [-0.25, -0.2) is 0 Å². The highest BCUT2D eigenvalue weighted by atomic mass is 16.7. The Balaban J connectivity index is 2.69. The SMILES string of the molecule is CC(=O)OC[C@H]1OC(OC(C)=O)[C@H](OC(C)=O)C[C@H]1C. The molecule has 1 unspecified atom stereocenters. The lowest BCUT2D eigenvalue weighted by molar-refractivity contribution is -0.257. The Hall–Kier alpha value is -1.63. The summed E-state index contributed by atoms with van der Waals surface area (Å²) in [4.78, 5) is 33.0. The maximum absolute atomic E-state index is 11.1. The Labute approximate surface area is 117 Å². The summed E-state index contributed by atoms with van der Waals surface area (Å²) in [5.41, 5.74) is 0. The van der Waals surface area contributed by atoms with Crippen molar-refractivity contribution in [2.45, 2.75) is 52.6 Å². The van der Waals surface area contributed by atoms with Gasteiger partial charge < -0.3 is 18.9 Å². The highest BCUT2D eigenvalue weighted by Gasteiger charge is 2.40. The maximum Gasteiger partial charge on any atom is 0.305 e. The van der Waals surface area contributed by atoms with Crippen LogP contribution in [0.1, 0.15) is 34.1 Å². The smallest absolute Gasteiger partial charge is 0.305 e. The zero-order valence-electron chi connectivity index (χ0n) is 12.1. The van der Waals surface area contributed by atoms with Crippen molar-refractivity contribution in [1.82, 2.24) is 0 Å². The lowest BCUT2D eigenvalue weighted by Gasteiger charge is -2.38. The molecule has 1 fully saturated rings. The Kier molecular flexibility index (Phi) is 5.94. The first kappa shape index (κ1) is 16.4. The number of carbonyl (C=O) groups is 3. The molecule has 1 saturated heterocycles. The minimum absolute atomic E-state index is 0.00879. The predicted octanol–water partition coefficient (Wildman–Crippen LogP) is 0.795. The highest BCUT2D eigenvalue weighted by Crippen LogP contribution is 2.28. The number of hydrogen-bond donors (Lipinski definition) is 0. The third-order valence-corrected chi connectivity index (χ3v) is 2.90. The zero-order valence-corrected chi connectivity index (χ0v) is 12.1. The minimum Gasteiger partial charge on any atom is -0.463 e. The molecular weight excluding hydrogens is 268 g/mol. The molecule has 1 rings (SSSR count). The maximum atomic E-state index is 11.1. The van der Waals surface area contributed by atoms with Crippen LogP contribution in [0.25, 0.3) is 0 Å². The van der Waals surface area contributed by atoms with Crippen molar-refractivity contribution in [3.8, 4) is 0 Å². The molecule has 114 valence electrons.